The highest BCUT2D eigenvalue weighted by atomic mass is 32.2. The largest absolute Gasteiger partial charge is 0.406 e. The van der Waals surface area contributed by atoms with Crippen LogP contribution in [0.3, 0.4) is 0 Å². The molecule has 20 heavy (non-hydrogen) atoms. The maximum Gasteiger partial charge on any atom is 0.406 e. The van der Waals surface area contributed by atoms with Crippen molar-refractivity contribution in [2.45, 2.75) is 38.8 Å². The van der Waals surface area contributed by atoms with Gasteiger partial charge in [0.25, 0.3) is 0 Å². The van der Waals surface area contributed by atoms with Gasteiger partial charge >= 0.3 is 16.3 Å². The van der Waals surface area contributed by atoms with Crippen molar-refractivity contribution in [1.82, 2.24) is 0 Å². The lowest BCUT2D eigenvalue weighted by atomic mass is 9.82. The zero-order valence-corrected chi connectivity index (χ0v) is 12.3. The van der Waals surface area contributed by atoms with Crippen LogP contribution in [0.15, 0.2) is 24.3 Å². The minimum Gasteiger partial charge on any atom is -0.382 e. The van der Waals surface area contributed by atoms with Crippen LogP contribution in [0.25, 0.3) is 0 Å². The van der Waals surface area contributed by atoms with Crippen molar-refractivity contribution >= 4 is 10.1 Å². The zero-order chi connectivity index (χ0) is 15.6. The summed E-state index contributed by atoms with van der Waals surface area (Å²) in [5.41, 5.74) is 0.165. The molecule has 0 radical (unpaired) electrons. The summed E-state index contributed by atoms with van der Waals surface area (Å²) in [6.07, 6.45) is -4.14. The van der Waals surface area contributed by atoms with Gasteiger partial charge in [-0.1, -0.05) is 39.0 Å². The highest BCUT2D eigenvalue weighted by Gasteiger charge is 2.37. The topological polar surface area (TPSA) is 43.4 Å². The van der Waals surface area contributed by atoms with Gasteiger partial charge in [0.15, 0.2) is 5.75 Å². The third kappa shape index (κ3) is 4.70. The molecule has 0 aliphatic rings. The van der Waals surface area contributed by atoms with Gasteiger partial charge in [-0.2, -0.15) is 21.6 Å². The molecular weight excluding hydrogens is 293 g/mol. The summed E-state index contributed by atoms with van der Waals surface area (Å²) in [6, 6.07) is 6.23. The predicted molar refractivity (Wildman–Crippen MR) is 70.2 cm³/mol. The Morgan fingerprint density at radius 1 is 1.15 bits per heavy atom. The number of rotatable bonds is 5. The maximum atomic E-state index is 12.2. The van der Waals surface area contributed by atoms with Gasteiger partial charge in [-0.25, -0.2) is 0 Å². The molecule has 1 aromatic carbocycles. The van der Waals surface area contributed by atoms with Crippen molar-refractivity contribution in [3.05, 3.63) is 29.8 Å². The second kappa shape index (κ2) is 5.63. The summed E-state index contributed by atoms with van der Waals surface area (Å²) in [6.45, 7) is 5.64. The molecule has 7 heteroatoms. The van der Waals surface area contributed by atoms with Crippen molar-refractivity contribution in [3.63, 3.8) is 0 Å². The van der Waals surface area contributed by atoms with Gasteiger partial charge in [-0.3, -0.25) is 0 Å². The molecule has 0 saturated heterocycles. The first-order chi connectivity index (χ1) is 8.97. The standard InChI is InChI=1S/C13H17F3O3S/c1-4-12(2,3)10-7-5-6-8-11(10)19-20(17,18)9-13(14,15)16/h5-8H,4,9H2,1-3H3. The fourth-order valence-corrected chi connectivity index (χ4v) is 2.53. The third-order valence-corrected chi connectivity index (χ3v) is 4.17. The van der Waals surface area contributed by atoms with Gasteiger partial charge in [-0.15, -0.1) is 0 Å². The average Bonchev–Trinajstić information content (AvgIpc) is 2.25. The third-order valence-electron chi connectivity index (χ3n) is 3.06. The number of benzene rings is 1. The van der Waals surface area contributed by atoms with Crippen LogP contribution in [0.5, 0.6) is 5.75 Å². The van der Waals surface area contributed by atoms with Gasteiger partial charge < -0.3 is 4.18 Å². The SMILES string of the molecule is CCC(C)(C)c1ccccc1OS(=O)(=O)CC(F)(F)F. The van der Waals surface area contributed by atoms with Crippen LogP contribution in [0, 0.1) is 0 Å². The first-order valence-corrected chi connectivity index (χ1v) is 7.63. The quantitative estimate of drug-likeness (QED) is 0.780. The van der Waals surface area contributed by atoms with Gasteiger partial charge in [0.1, 0.15) is 5.75 Å². The molecule has 1 aromatic rings. The summed E-state index contributed by atoms with van der Waals surface area (Å²) < 4.78 is 64.1. The van der Waals surface area contributed by atoms with Crippen LogP contribution in [0.2, 0.25) is 0 Å². The molecule has 0 unspecified atom stereocenters. The Morgan fingerprint density at radius 3 is 2.20 bits per heavy atom. The number of halogens is 3. The highest BCUT2D eigenvalue weighted by Crippen LogP contribution is 2.35. The smallest absolute Gasteiger partial charge is 0.382 e. The van der Waals surface area contributed by atoms with Crippen LogP contribution >= 0.6 is 0 Å². The van der Waals surface area contributed by atoms with Crippen LogP contribution in [-0.2, 0) is 15.5 Å². The van der Waals surface area contributed by atoms with Crippen molar-refractivity contribution in [2.75, 3.05) is 5.75 Å². The molecule has 0 amide bonds. The van der Waals surface area contributed by atoms with Gasteiger partial charge in [0.2, 0.25) is 0 Å². The molecule has 3 nitrogen and oxygen atoms in total. The van der Waals surface area contributed by atoms with Crippen molar-refractivity contribution in [1.29, 1.82) is 0 Å². The highest BCUT2D eigenvalue weighted by molar-refractivity contribution is 7.87. The van der Waals surface area contributed by atoms with E-state index in [2.05, 4.69) is 4.18 Å². The minimum atomic E-state index is -4.83. The molecule has 0 atom stereocenters. The van der Waals surface area contributed by atoms with E-state index in [0.29, 0.717) is 12.0 Å². The second-order valence-electron chi connectivity index (χ2n) is 5.13. The summed E-state index contributed by atoms with van der Waals surface area (Å²) in [5.74, 6) is -2.05. The molecular formula is C13H17F3O3S. The van der Waals surface area contributed by atoms with Crippen LogP contribution in [0.1, 0.15) is 32.8 Å². The first kappa shape index (κ1) is 16.8. The van der Waals surface area contributed by atoms with E-state index in [1.54, 1.807) is 12.1 Å². The second-order valence-corrected chi connectivity index (χ2v) is 6.70. The Kier molecular flexibility index (Phi) is 4.74. The van der Waals surface area contributed by atoms with E-state index < -0.39 is 27.5 Å². The molecule has 0 spiro atoms. The Labute approximate surface area is 116 Å². The predicted octanol–water partition coefficient (Wildman–Crippen LogP) is 3.65. The van der Waals surface area contributed by atoms with Crippen LogP contribution in [0.4, 0.5) is 13.2 Å². The molecule has 0 saturated carbocycles. The summed E-state index contributed by atoms with van der Waals surface area (Å²) >= 11 is 0. The molecule has 0 N–H and O–H groups in total. The number of hydrogen-bond donors (Lipinski definition) is 0. The van der Waals surface area contributed by atoms with E-state index in [1.165, 1.54) is 12.1 Å². The average molecular weight is 310 g/mol. The van der Waals surface area contributed by atoms with E-state index in [-0.39, 0.29) is 5.75 Å². The lowest BCUT2D eigenvalue weighted by Crippen LogP contribution is -2.27. The number of para-hydroxylation sites is 1. The van der Waals surface area contributed by atoms with Crippen LogP contribution in [-0.4, -0.2) is 20.3 Å². The fraction of sp³-hybridized carbons (Fsp3) is 0.538. The van der Waals surface area contributed by atoms with E-state index in [9.17, 15) is 21.6 Å². The Balaban J connectivity index is 3.11. The summed E-state index contributed by atoms with van der Waals surface area (Å²) in [5, 5.41) is 0. The molecule has 0 aliphatic carbocycles. The summed E-state index contributed by atoms with van der Waals surface area (Å²) in [7, 11) is -4.71. The first-order valence-electron chi connectivity index (χ1n) is 6.05. The number of hydrogen-bond acceptors (Lipinski definition) is 3. The van der Waals surface area contributed by atoms with Gasteiger partial charge in [-0.05, 0) is 17.9 Å². The van der Waals surface area contributed by atoms with Gasteiger partial charge in [0, 0.05) is 5.56 Å². The molecule has 0 bridgehead atoms. The lowest BCUT2D eigenvalue weighted by molar-refractivity contribution is -0.107. The van der Waals surface area contributed by atoms with Crippen molar-refractivity contribution in [2.24, 2.45) is 0 Å². The fourth-order valence-electron chi connectivity index (χ4n) is 1.66. The zero-order valence-electron chi connectivity index (χ0n) is 11.5. The lowest BCUT2D eigenvalue weighted by Gasteiger charge is -2.25. The van der Waals surface area contributed by atoms with E-state index in [4.69, 9.17) is 0 Å². The molecule has 1 rings (SSSR count). The Morgan fingerprint density at radius 2 is 1.70 bits per heavy atom. The van der Waals surface area contributed by atoms with E-state index in [1.807, 2.05) is 20.8 Å². The molecule has 0 aromatic heterocycles. The summed E-state index contributed by atoms with van der Waals surface area (Å²) in [4.78, 5) is 0. The Bertz CT molecular complexity index is 562. The molecule has 114 valence electrons. The van der Waals surface area contributed by atoms with Crippen molar-refractivity contribution in [3.8, 4) is 5.75 Å². The minimum absolute atomic E-state index is 0.0522. The maximum absolute atomic E-state index is 12.2. The van der Waals surface area contributed by atoms with E-state index in [0.717, 1.165) is 0 Å². The number of alkyl halides is 3. The van der Waals surface area contributed by atoms with Crippen LogP contribution < -0.4 is 4.18 Å². The molecule has 0 aliphatic heterocycles. The van der Waals surface area contributed by atoms with Gasteiger partial charge in [0.05, 0.1) is 0 Å². The van der Waals surface area contributed by atoms with E-state index >= 15 is 0 Å². The molecule has 0 fully saturated rings. The molecule has 0 heterocycles. The van der Waals surface area contributed by atoms with Crippen molar-refractivity contribution < 1.29 is 25.8 Å². The normalized spacial score (nSPS) is 13.3. The monoisotopic (exact) mass is 310 g/mol. The Hall–Kier alpha value is -1.24.